The first kappa shape index (κ1) is 16.4. The summed E-state index contributed by atoms with van der Waals surface area (Å²) in [5.41, 5.74) is 2.44. The third-order valence-corrected chi connectivity index (χ3v) is 4.04. The number of aromatic nitrogens is 3. The van der Waals surface area contributed by atoms with Gasteiger partial charge in [-0.2, -0.15) is 0 Å². The first-order chi connectivity index (χ1) is 11.7. The van der Waals surface area contributed by atoms with E-state index in [1.807, 2.05) is 42.6 Å². The summed E-state index contributed by atoms with van der Waals surface area (Å²) in [6.07, 6.45) is 0. The average molecular weight is 342 g/mol. The first-order valence-electron chi connectivity index (χ1n) is 7.38. The average Bonchev–Trinajstić information content (AvgIpc) is 3.02. The highest BCUT2D eigenvalue weighted by molar-refractivity contribution is 7.09. The highest BCUT2D eigenvalue weighted by Gasteiger charge is 2.10. The number of methoxy groups -OCH3 is 2. The second-order valence-electron chi connectivity index (χ2n) is 5.11. The molecule has 0 saturated carbocycles. The molecular weight excluding hydrogens is 324 g/mol. The van der Waals surface area contributed by atoms with Crippen LogP contribution in [0.2, 0.25) is 0 Å². The summed E-state index contributed by atoms with van der Waals surface area (Å²) in [5, 5.41) is 6.22. The van der Waals surface area contributed by atoms with Crippen LogP contribution in [0.3, 0.4) is 0 Å². The molecule has 0 fully saturated rings. The Morgan fingerprint density at radius 2 is 2.00 bits per heavy atom. The standard InChI is InChI=1S/C17H18N4O2S/c1-11-18-15(10-24-11)17-20-13(9-22-2)8-16(21-17)19-12-5-4-6-14(7-12)23-3/h4-8,10H,9H2,1-3H3,(H,19,20,21). The predicted molar refractivity (Wildman–Crippen MR) is 94.9 cm³/mol. The second kappa shape index (κ2) is 7.37. The number of ether oxygens (including phenoxy) is 2. The van der Waals surface area contributed by atoms with Gasteiger partial charge in [0.2, 0.25) is 0 Å². The van der Waals surface area contributed by atoms with E-state index < -0.39 is 0 Å². The summed E-state index contributed by atoms with van der Waals surface area (Å²) in [6, 6.07) is 9.54. The minimum absolute atomic E-state index is 0.408. The van der Waals surface area contributed by atoms with Crippen LogP contribution in [0.15, 0.2) is 35.7 Å². The van der Waals surface area contributed by atoms with E-state index in [1.165, 1.54) is 0 Å². The molecule has 0 bridgehead atoms. The van der Waals surface area contributed by atoms with Gasteiger partial charge in [0.1, 0.15) is 17.3 Å². The fourth-order valence-electron chi connectivity index (χ4n) is 2.21. The normalized spacial score (nSPS) is 10.6. The molecule has 0 aliphatic rings. The maximum Gasteiger partial charge on any atom is 0.181 e. The van der Waals surface area contributed by atoms with Crippen molar-refractivity contribution in [2.45, 2.75) is 13.5 Å². The highest BCUT2D eigenvalue weighted by atomic mass is 32.1. The number of aryl methyl sites for hydroxylation is 1. The van der Waals surface area contributed by atoms with Crippen molar-refractivity contribution in [1.82, 2.24) is 15.0 Å². The fraction of sp³-hybridized carbons (Fsp3) is 0.235. The molecule has 7 heteroatoms. The van der Waals surface area contributed by atoms with Gasteiger partial charge in [0.15, 0.2) is 5.82 Å². The number of hydrogen-bond donors (Lipinski definition) is 1. The summed E-state index contributed by atoms with van der Waals surface area (Å²) < 4.78 is 10.5. The van der Waals surface area contributed by atoms with Gasteiger partial charge < -0.3 is 14.8 Å². The van der Waals surface area contributed by atoms with E-state index >= 15 is 0 Å². The Labute approximate surface area is 144 Å². The zero-order valence-electron chi connectivity index (χ0n) is 13.7. The summed E-state index contributed by atoms with van der Waals surface area (Å²) in [7, 11) is 3.28. The lowest BCUT2D eigenvalue weighted by molar-refractivity contribution is 0.181. The van der Waals surface area contributed by atoms with E-state index in [0.717, 1.165) is 27.8 Å². The first-order valence-corrected chi connectivity index (χ1v) is 8.26. The molecule has 0 aliphatic carbocycles. The van der Waals surface area contributed by atoms with Crippen LogP contribution >= 0.6 is 11.3 Å². The summed E-state index contributed by atoms with van der Waals surface area (Å²) in [6.45, 7) is 2.37. The minimum atomic E-state index is 0.408. The molecule has 0 aliphatic heterocycles. The topological polar surface area (TPSA) is 69.2 Å². The number of nitrogens with zero attached hydrogens (tertiary/aromatic N) is 3. The highest BCUT2D eigenvalue weighted by Crippen LogP contribution is 2.24. The van der Waals surface area contributed by atoms with Crippen LogP contribution < -0.4 is 10.1 Å². The van der Waals surface area contributed by atoms with Crippen molar-refractivity contribution >= 4 is 22.8 Å². The van der Waals surface area contributed by atoms with Gasteiger partial charge >= 0.3 is 0 Å². The van der Waals surface area contributed by atoms with Crippen LogP contribution in [0, 0.1) is 6.92 Å². The van der Waals surface area contributed by atoms with Gasteiger partial charge in [-0.3, -0.25) is 0 Å². The molecule has 3 rings (SSSR count). The zero-order chi connectivity index (χ0) is 16.9. The molecule has 2 heterocycles. The fourth-order valence-corrected chi connectivity index (χ4v) is 2.80. The van der Waals surface area contributed by atoms with Crippen molar-refractivity contribution in [2.24, 2.45) is 0 Å². The Morgan fingerprint density at radius 1 is 1.12 bits per heavy atom. The molecule has 124 valence electrons. The van der Waals surface area contributed by atoms with Crippen LogP contribution in [0.5, 0.6) is 5.75 Å². The van der Waals surface area contributed by atoms with E-state index in [0.29, 0.717) is 18.2 Å². The van der Waals surface area contributed by atoms with Crippen LogP contribution in [0.1, 0.15) is 10.7 Å². The van der Waals surface area contributed by atoms with Crippen LogP contribution in [0.25, 0.3) is 11.5 Å². The van der Waals surface area contributed by atoms with Crippen molar-refractivity contribution in [2.75, 3.05) is 19.5 Å². The Hall–Kier alpha value is -2.51. The van der Waals surface area contributed by atoms with E-state index in [2.05, 4.69) is 20.3 Å². The lowest BCUT2D eigenvalue weighted by Gasteiger charge is -2.10. The van der Waals surface area contributed by atoms with Crippen LogP contribution in [-0.4, -0.2) is 29.2 Å². The molecule has 3 aromatic rings. The lowest BCUT2D eigenvalue weighted by Crippen LogP contribution is -2.02. The molecule has 0 atom stereocenters. The van der Waals surface area contributed by atoms with Crippen molar-refractivity contribution in [3.8, 4) is 17.3 Å². The summed E-state index contributed by atoms with van der Waals surface area (Å²) in [5.74, 6) is 2.05. The molecule has 0 spiro atoms. The largest absolute Gasteiger partial charge is 0.497 e. The number of nitrogens with one attached hydrogen (secondary N) is 1. The van der Waals surface area contributed by atoms with Gasteiger partial charge in [0.05, 0.1) is 24.4 Å². The number of anilines is 2. The van der Waals surface area contributed by atoms with Crippen molar-refractivity contribution in [3.63, 3.8) is 0 Å². The summed E-state index contributed by atoms with van der Waals surface area (Å²) >= 11 is 1.57. The van der Waals surface area contributed by atoms with Gasteiger partial charge in [0, 0.05) is 30.3 Å². The SMILES string of the molecule is COCc1cc(Nc2cccc(OC)c2)nc(-c2csc(C)n2)n1. The van der Waals surface area contributed by atoms with Crippen LogP contribution in [0.4, 0.5) is 11.5 Å². The molecular formula is C17H18N4O2S. The summed E-state index contributed by atoms with van der Waals surface area (Å²) in [4.78, 5) is 13.6. The van der Waals surface area contributed by atoms with E-state index in [4.69, 9.17) is 9.47 Å². The van der Waals surface area contributed by atoms with Gasteiger partial charge in [-0.25, -0.2) is 15.0 Å². The molecule has 2 aromatic heterocycles. The maximum atomic E-state index is 5.25. The Morgan fingerprint density at radius 3 is 2.71 bits per heavy atom. The minimum Gasteiger partial charge on any atom is -0.497 e. The Balaban J connectivity index is 1.95. The van der Waals surface area contributed by atoms with Crippen molar-refractivity contribution < 1.29 is 9.47 Å². The van der Waals surface area contributed by atoms with Crippen molar-refractivity contribution in [1.29, 1.82) is 0 Å². The molecule has 24 heavy (non-hydrogen) atoms. The van der Waals surface area contributed by atoms with Crippen LogP contribution in [-0.2, 0) is 11.3 Å². The lowest BCUT2D eigenvalue weighted by atomic mass is 10.3. The number of benzene rings is 1. The zero-order valence-corrected chi connectivity index (χ0v) is 14.6. The van der Waals surface area contributed by atoms with E-state index in [1.54, 1.807) is 25.6 Å². The maximum absolute atomic E-state index is 5.25. The van der Waals surface area contributed by atoms with Gasteiger partial charge in [-0.1, -0.05) is 6.07 Å². The van der Waals surface area contributed by atoms with E-state index in [-0.39, 0.29) is 0 Å². The van der Waals surface area contributed by atoms with Gasteiger partial charge in [-0.15, -0.1) is 11.3 Å². The predicted octanol–water partition coefficient (Wildman–Crippen LogP) is 3.81. The Kier molecular flexibility index (Phi) is 5.02. The second-order valence-corrected chi connectivity index (χ2v) is 6.17. The van der Waals surface area contributed by atoms with Gasteiger partial charge in [-0.05, 0) is 19.1 Å². The van der Waals surface area contributed by atoms with Crippen molar-refractivity contribution in [3.05, 3.63) is 46.4 Å². The molecule has 0 saturated heterocycles. The number of thiazole rings is 1. The quantitative estimate of drug-likeness (QED) is 0.735. The molecule has 0 radical (unpaired) electrons. The molecule has 6 nitrogen and oxygen atoms in total. The monoisotopic (exact) mass is 342 g/mol. The molecule has 0 unspecified atom stereocenters. The third kappa shape index (κ3) is 3.87. The number of hydrogen-bond acceptors (Lipinski definition) is 7. The molecule has 1 aromatic carbocycles. The van der Waals surface area contributed by atoms with Gasteiger partial charge in [0.25, 0.3) is 0 Å². The third-order valence-electron chi connectivity index (χ3n) is 3.26. The number of rotatable bonds is 6. The molecule has 0 amide bonds. The smallest absolute Gasteiger partial charge is 0.181 e. The molecule has 1 N–H and O–H groups in total. The Bertz CT molecular complexity index is 835. The van der Waals surface area contributed by atoms with E-state index in [9.17, 15) is 0 Å².